The van der Waals surface area contributed by atoms with Crippen LogP contribution in [0.1, 0.15) is 18.3 Å². The van der Waals surface area contributed by atoms with Crippen LogP contribution in [-0.2, 0) is 14.8 Å². The normalized spacial score (nSPS) is 15.2. The lowest BCUT2D eigenvalue weighted by Crippen LogP contribution is -2.48. The van der Waals surface area contributed by atoms with Gasteiger partial charge in [0.2, 0.25) is 5.91 Å². The molecule has 1 saturated heterocycles. The van der Waals surface area contributed by atoms with Crippen LogP contribution in [0.3, 0.4) is 0 Å². The van der Waals surface area contributed by atoms with Gasteiger partial charge in [-0.1, -0.05) is 0 Å². The first-order valence-electron chi connectivity index (χ1n) is 8.29. The molecule has 0 aliphatic carbocycles. The summed E-state index contributed by atoms with van der Waals surface area (Å²) in [6, 6.07) is 3.46. The highest BCUT2D eigenvalue weighted by Crippen LogP contribution is 2.22. The highest BCUT2D eigenvalue weighted by Gasteiger charge is 2.23. The van der Waals surface area contributed by atoms with Crippen LogP contribution in [0.5, 0.6) is 0 Å². The summed E-state index contributed by atoms with van der Waals surface area (Å²) in [5.74, 6) is 0.327. The van der Waals surface area contributed by atoms with Gasteiger partial charge in [0.05, 0.1) is 23.3 Å². The molecule has 1 amide bonds. The Morgan fingerprint density at radius 3 is 2.38 bits per heavy atom. The van der Waals surface area contributed by atoms with Crippen molar-refractivity contribution in [1.82, 2.24) is 20.1 Å². The van der Waals surface area contributed by atoms with Crippen molar-refractivity contribution in [2.24, 2.45) is 0 Å². The van der Waals surface area contributed by atoms with E-state index < -0.39 is 10.0 Å². The second-order valence-electron chi connectivity index (χ2n) is 6.26. The number of anilines is 2. The van der Waals surface area contributed by atoms with Gasteiger partial charge in [-0.25, -0.2) is 13.4 Å². The van der Waals surface area contributed by atoms with E-state index in [1.54, 1.807) is 33.0 Å². The van der Waals surface area contributed by atoms with Crippen molar-refractivity contribution in [2.75, 3.05) is 35.8 Å². The predicted octanol–water partition coefficient (Wildman–Crippen LogP) is 0.891. The molecule has 0 spiro atoms. The minimum Gasteiger partial charge on any atom is -0.367 e. The van der Waals surface area contributed by atoms with Crippen LogP contribution in [0.4, 0.5) is 11.5 Å². The Morgan fingerprint density at radius 2 is 1.88 bits per heavy atom. The van der Waals surface area contributed by atoms with Gasteiger partial charge in [0.15, 0.2) is 0 Å². The maximum atomic E-state index is 12.5. The number of amides is 1. The van der Waals surface area contributed by atoms with Crippen LogP contribution in [0.25, 0.3) is 0 Å². The Morgan fingerprint density at radius 1 is 1.19 bits per heavy atom. The van der Waals surface area contributed by atoms with E-state index in [-0.39, 0.29) is 16.6 Å². The number of carbonyl (C=O) groups is 1. The van der Waals surface area contributed by atoms with Crippen LogP contribution >= 0.6 is 0 Å². The van der Waals surface area contributed by atoms with Crippen LogP contribution < -0.4 is 9.62 Å². The van der Waals surface area contributed by atoms with Gasteiger partial charge in [-0.2, -0.15) is 5.10 Å². The fraction of sp³-hybridized carbons (Fsp3) is 0.438. The molecular weight excluding hydrogens is 356 g/mol. The molecule has 2 aromatic rings. The number of nitrogens with zero attached hydrogens (tertiary/aromatic N) is 4. The molecule has 1 fully saturated rings. The number of aromatic nitrogens is 3. The molecule has 140 valence electrons. The molecule has 1 aliphatic rings. The monoisotopic (exact) mass is 378 g/mol. The smallest absolute Gasteiger partial charge is 0.266 e. The summed E-state index contributed by atoms with van der Waals surface area (Å²) in [6.45, 7) is 7.65. The Kier molecular flexibility index (Phi) is 4.86. The van der Waals surface area contributed by atoms with Gasteiger partial charge in [-0.3, -0.25) is 14.6 Å². The molecule has 0 radical (unpaired) electrons. The van der Waals surface area contributed by atoms with E-state index in [0.717, 1.165) is 18.8 Å². The van der Waals surface area contributed by atoms with Crippen molar-refractivity contribution in [2.45, 2.75) is 25.7 Å². The number of carbonyl (C=O) groups excluding carboxylic acids is 1. The average molecular weight is 378 g/mol. The van der Waals surface area contributed by atoms with Crippen LogP contribution in [0.15, 0.2) is 23.2 Å². The van der Waals surface area contributed by atoms with Crippen LogP contribution in [0.2, 0.25) is 0 Å². The Hall–Kier alpha value is -2.62. The first-order chi connectivity index (χ1) is 12.3. The zero-order valence-electron chi connectivity index (χ0n) is 15.0. The fourth-order valence-electron chi connectivity index (χ4n) is 3.04. The molecular formula is C16H22N6O3S. The number of piperazine rings is 1. The van der Waals surface area contributed by atoms with Gasteiger partial charge in [0.25, 0.3) is 10.0 Å². The predicted molar refractivity (Wildman–Crippen MR) is 97.6 cm³/mol. The minimum absolute atomic E-state index is 0.0809. The van der Waals surface area contributed by atoms with E-state index >= 15 is 0 Å². The number of aryl methyl sites for hydroxylation is 2. The number of pyridine rings is 1. The number of H-pyrrole nitrogens is 1. The molecule has 26 heavy (non-hydrogen) atoms. The Labute approximate surface area is 152 Å². The highest BCUT2D eigenvalue weighted by molar-refractivity contribution is 7.92. The first-order valence-corrected chi connectivity index (χ1v) is 9.77. The van der Waals surface area contributed by atoms with Crippen LogP contribution in [-0.4, -0.2) is 60.6 Å². The van der Waals surface area contributed by atoms with E-state index in [1.807, 2.05) is 11.0 Å². The van der Waals surface area contributed by atoms with Gasteiger partial charge < -0.3 is 9.80 Å². The molecule has 3 heterocycles. The maximum absolute atomic E-state index is 12.5. The molecule has 2 aromatic heterocycles. The lowest BCUT2D eigenvalue weighted by Gasteiger charge is -2.35. The molecule has 0 saturated carbocycles. The summed E-state index contributed by atoms with van der Waals surface area (Å²) in [4.78, 5) is 19.7. The molecule has 9 nitrogen and oxygen atoms in total. The van der Waals surface area contributed by atoms with Crippen molar-refractivity contribution in [3.63, 3.8) is 0 Å². The third-order valence-corrected chi connectivity index (χ3v) is 6.02. The number of sulfonamides is 1. The topological polar surface area (TPSA) is 111 Å². The Balaban J connectivity index is 1.70. The average Bonchev–Trinajstić information content (AvgIpc) is 2.95. The van der Waals surface area contributed by atoms with E-state index in [1.165, 1.54) is 0 Å². The van der Waals surface area contributed by atoms with Crippen molar-refractivity contribution < 1.29 is 13.2 Å². The summed E-state index contributed by atoms with van der Waals surface area (Å²) >= 11 is 0. The van der Waals surface area contributed by atoms with E-state index in [2.05, 4.69) is 24.8 Å². The summed E-state index contributed by atoms with van der Waals surface area (Å²) < 4.78 is 27.5. The molecule has 0 bridgehead atoms. The lowest BCUT2D eigenvalue weighted by atomic mass is 10.2. The maximum Gasteiger partial charge on any atom is 0.266 e. The molecule has 3 rings (SSSR count). The zero-order chi connectivity index (χ0) is 18.9. The van der Waals surface area contributed by atoms with Gasteiger partial charge in [0.1, 0.15) is 10.7 Å². The molecule has 10 heteroatoms. The van der Waals surface area contributed by atoms with Crippen molar-refractivity contribution >= 4 is 27.4 Å². The highest BCUT2D eigenvalue weighted by atomic mass is 32.2. The quantitative estimate of drug-likeness (QED) is 0.817. The van der Waals surface area contributed by atoms with Gasteiger partial charge in [-0.05, 0) is 26.0 Å². The number of hydrogen-bond acceptors (Lipinski definition) is 6. The minimum atomic E-state index is -3.75. The van der Waals surface area contributed by atoms with Crippen LogP contribution in [0, 0.1) is 13.8 Å². The van der Waals surface area contributed by atoms with Crippen molar-refractivity contribution in [3.8, 4) is 0 Å². The van der Waals surface area contributed by atoms with Gasteiger partial charge in [0, 0.05) is 33.1 Å². The summed E-state index contributed by atoms with van der Waals surface area (Å²) in [6.07, 6.45) is 1.64. The third-order valence-electron chi connectivity index (χ3n) is 4.41. The molecule has 1 aliphatic heterocycles. The molecule has 0 aromatic carbocycles. The SMILES string of the molecule is CC(=O)N1CCN(c2ccc(NS(=O)(=O)c3c(C)n[nH]c3C)nc2)CC1. The summed E-state index contributed by atoms with van der Waals surface area (Å²) in [7, 11) is -3.75. The van der Waals surface area contributed by atoms with Gasteiger partial charge in [-0.15, -0.1) is 0 Å². The lowest BCUT2D eigenvalue weighted by molar-refractivity contribution is -0.129. The van der Waals surface area contributed by atoms with E-state index in [4.69, 9.17) is 0 Å². The van der Waals surface area contributed by atoms with E-state index in [0.29, 0.717) is 24.5 Å². The number of rotatable bonds is 4. The largest absolute Gasteiger partial charge is 0.367 e. The van der Waals surface area contributed by atoms with Crippen molar-refractivity contribution in [1.29, 1.82) is 0 Å². The molecule has 2 N–H and O–H groups in total. The Bertz CT molecular complexity index is 879. The van der Waals surface area contributed by atoms with E-state index in [9.17, 15) is 13.2 Å². The molecule has 0 atom stereocenters. The van der Waals surface area contributed by atoms with Gasteiger partial charge >= 0.3 is 0 Å². The standard InChI is InChI=1S/C16H22N6O3S/c1-11-16(12(2)19-18-11)26(24,25)20-15-5-4-14(10-17-15)22-8-6-21(7-9-22)13(3)23/h4-5,10H,6-9H2,1-3H3,(H,17,20)(H,18,19). The summed E-state index contributed by atoms with van der Waals surface area (Å²) in [5.41, 5.74) is 1.79. The zero-order valence-corrected chi connectivity index (χ0v) is 15.8. The second kappa shape index (κ2) is 6.94. The molecule has 0 unspecified atom stereocenters. The van der Waals surface area contributed by atoms with Crippen molar-refractivity contribution in [3.05, 3.63) is 29.7 Å². The number of hydrogen-bond donors (Lipinski definition) is 2. The third kappa shape index (κ3) is 3.64. The first kappa shape index (κ1) is 18.2. The number of aromatic amines is 1. The summed E-state index contributed by atoms with van der Waals surface area (Å²) in [5, 5.41) is 6.59. The fourth-order valence-corrected chi connectivity index (χ4v) is 4.42. The second-order valence-corrected chi connectivity index (χ2v) is 7.88. The number of nitrogens with one attached hydrogen (secondary N) is 2.